The molecule has 0 saturated heterocycles. The molecule has 0 radical (unpaired) electrons. The summed E-state index contributed by atoms with van der Waals surface area (Å²) in [4.78, 5) is 25.6. The summed E-state index contributed by atoms with van der Waals surface area (Å²) in [5.41, 5.74) is 2.44. The van der Waals surface area contributed by atoms with E-state index in [1.54, 1.807) is 60.7 Å². The first kappa shape index (κ1) is 19.2. The maximum Gasteiger partial charge on any atom is 0.339 e. The minimum absolute atomic E-state index is 0.379. The fourth-order valence-corrected chi connectivity index (χ4v) is 2.77. The molecule has 0 aromatic heterocycles. The summed E-state index contributed by atoms with van der Waals surface area (Å²) in [5, 5.41) is 2.82. The van der Waals surface area contributed by atoms with E-state index in [1.807, 2.05) is 25.1 Å². The van der Waals surface area contributed by atoms with Crippen LogP contribution in [0.4, 0.5) is 5.69 Å². The van der Waals surface area contributed by atoms with E-state index < -0.39 is 18.0 Å². The van der Waals surface area contributed by atoms with Crippen molar-refractivity contribution < 1.29 is 19.1 Å². The topological polar surface area (TPSA) is 64.6 Å². The second kappa shape index (κ2) is 8.86. The first-order valence-electron chi connectivity index (χ1n) is 8.85. The Morgan fingerprint density at radius 3 is 2.18 bits per heavy atom. The zero-order chi connectivity index (χ0) is 19.9. The Labute approximate surface area is 163 Å². The molecule has 1 amide bonds. The number of esters is 1. The number of ether oxygens (including phenoxy) is 2. The molecular formula is C23H21NO4. The van der Waals surface area contributed by atoms with Crippen LogP contribution in [-0.4, -0.2) is 19.0 Å². The molecule has 1 atom stereocenters. The summed E-state index contributed by atoms with van der Waals surface area (Å²) >= 11 is 0. The van der Waals surface area contributed by atoms with Gasteiger partial charge in [0.1, 0.15) is 5.75 Å². The highest BCUT2D eigenvalue weighted by molar-refractivity contribution is 5.99. The molecule has 0 fully saturated rings. The molecule has 3 aromatic rings. The van der Waals surface area contributed by atoms with Crippen molar-refractivity contribution in [3.8, 4) is 5.75 Å². The molecule has 0 bridgehead atoms. The van der Waals surface area contributed by atoms with Gasteiger partial charge in [-0.25, -0.2) is 4.79 Å². The Morgan fingerprint density at radius 2 is 1.54 bits per heavy atom. The van der Waals surface area contributed by atoms with E-state index in [1.165, 1.54) is 7.11 Å². The van der Waals surface area contributed by atoms with Gasteiger partial charge in [-0.15, -0.1) is 0 Å². The predicted molar refractivity (Wildman–Crippen MR) is 107 cm³/mol. The van der Waals surface area contributed by atoms with E-state index in [9.17, 15) is 9.59 Å². The Morgan fingerprint density at radius 1 is 0.893 bits per heavy atom. The van der Waals surface area contributed by atoms with Crippen LogP contribution in [0.15, 0.2) is 78.9 Å². The zero-order valence-electron chi connectivity index (χ0n) is 15.7. The molecule has 3 aromatic carbocycles. The minimum atomic E-state index is -1.10. The first-order chi connectivity index (χ1) is 13.6. The lowest BCUT2D eigenvalue weighted by Gasteiger charge is -2.19. The number of carbonyl (C=O) groups is 2. The third kappa shape index (κ3) is 4.57. The number of aryl methyl sites for hydroxylation is 1. The van der Waals surface area contributed by atoms with E-state index in [2.05, 4.69) is 5.32 Å². The van der Waals surface area contributed by atoms with Gasteiger partial charge in [-0.05, 0) is 36.8 Å². The average Bonchev–Trinajstić information content (AvgIpc) is 2.73. The number of rotatable bonds is 6. The maximum absolute atomic E-state index is 13.0. The summed E-state index contributed by atoms with van der Waals surface area (Å²) in [6.07, 6.45) is -1.10. The number of anilines is 1. The monoisotopic (exact) mass is 375 g/mol. The van der Waals surface area contributed by atoms with Crippen LogP contribution in [0, 0.1) is 6.92 Å². The van der Waals surface area contributed by atoms with Crippen LogP contribution in [0.3, 0.4) is 0 Å². The van der Waals surface area contributed by atoms with E-state index in [-0.39, 0.29) is 0 Å². The molecule has 1 N–H and O–H groups in total. The van der Waals surface area contributed by atoms with Gasteiger partial charge in [0, 0.05) is 5.56 Å². The number of methoxy groups -OCH3 is 1. The Kier molecular flexibility index (Phi) is 6.07. The van der Waals surface area contributed by atoms with Gasteiger partial charge in [0.15, 0.2) is 0 Å². The minimum Gasteiger partial charge on any atom is -0.495 e. The third-order valence-electron chi connectivity index (χ3n) is 4.19. The van der Waals surface area contributed by atoms with E-state index in [0.29, 0.717) is 22.6 Å². The van der Waals surface area contributed by atoms with Gasteiger partial charge < -0.3 is 14.8 Å². The molecule has 3 rings (SSSR count). The standard InChI is InChI=1S/C23H21NO4/c1-16-13-14-20(27-2)19(15-16)24-22(25)21(17-9-5-3-6-10-17)28-23(26)18-11-7-4-8-12-18/h3-15,21H,1-2H3,(H,24,25)/t21-/m1/s1. The summed E-state index contributed by atoms with van der Waals surface area (Å²) < 4.78 is 10.9. The van der Waals surface area contributed by atoms with Gasteiger partial charge in [0.05, 0.1) is 18.4 Å². The van der Waals surface area contributed by atoms with Gasteiger partial charge in [-0.2, -0.15) is 0 Å². The van der Waals surface area contributed by atoms with Gasteiger partial charge in [-0.3, -0.25) is 4.79 Å². The van der Waals surface area contributed by atoms with Crippen molar-refractivity contribution in [2.24, 2.45) is 0 Å². The molecule has 0 aliphatic heterocycles. The first-order valence-corrected chi connectivity index (χ1v) is 8.85. The number of hydrogen-bond donors (Lipinski definition) is 1. The molecule has 5 heteroatoms. The summed E-state index contributed by atoms with van der Waals surface area (Å²) in [6.45, 7) is 1.92. The third-order valence-corrected chi connectivity index (χ3v) is 4.19. The van der Waals surface area contributed by atoms with Crippen molar-refractivity contribution in [2.45, 2.75) is 13.0 Å². The fraction of sp³-hybridized carbons (Fsp3) is 0.130. The van der Waals surface area contributed by atoms with Gasteiger partial charge in [0.25, 0.3) is 5.91 Å². The normalized spacial score (nSPS) is 11.4. The second-order valence-corrected chi connectivity index (χ2v) is 6.26. The zero-order valence-corrected chi connectivity index (χ0v) is 15.7. The lowest BCUT2D eigenvalue weighted by molar-refractivity contribution is -0.125. The number of carbonyl (C=O) groups excluding carboxylic acids is 2. The molecule has 142 valence electrons. The van der Waals surface area contributed by atoms with E-state index in [4.69, 9.17) is 9.47 Å². The van der Waals surface area contributed by atoms with E-state index in [0.717, 1.165) is 5.56 Å². The smallest absolute Gasteiger partial charge is 0.339 e. The van der Waals surface area contributed by atoms with Crippen molar-refractivity contribution in [2.75, 3.05) is 12.4 Å². The quantitative estimate of drug-likeness (QED) is 0.643. The van der Waals surface area contributed by atoms with Gasteiger partial charge >= 0.3 is 5.97 Å². The Bertz CT molecular complexity index is 955. The van der Waals surface area contributed by atoms with Crippen LogP contribution in [-0.2, 0) is 9.53 Å². The highest BCUT2D eigenvalue weighted by Gasteiger charge is 2.26. The summed E-state index contributed by atoms with van der Waals surface area (Å²) in [7, 11) is 1.53. The van der Waals surface area contributed by atoms with Crippen molar-refractivity contribution in [1.29, 1.82) is 0 Å². The largest absolute Gasteiger partial charge is 0.495 e. The predicted octanol–water partition coefficient (Wildman–Crippen LogP) is 4.54. The van der Waals surface area contributed by atoms with Crippen molar-refractivity contribution >= 4 is 17.6 Å². The van der Waals surface area contributed by atoms with Crippen LogP contribution < -0.4 is 10.1 Å². The van der Waals surface area contributed by atoms with Gasteiger partial charge in [0.2, 0.25) is 6.10 Å². The van der Waals surface area contributed by atoms with Crippen LogP contribution in [0.1, 0.15) is 27.6 Å². The Balaban J connectivity index is 1.88. The summed E-state index contributed by atoms with van der Waals surface area (Å²) in [6, 6.07) is 23.0. The number of hydrogen-bond acceptors (Lipinski definition) is 4. The highest BCUT2D eigenvalue weighted by atomic mass is 16.5. The molecule has 0 saturated carbocycles. The summed E-state index contributed by atoms with van der Waals surface area (Å²) in [5.74, 6) is -0.500. The molecule has 28 heavy (non-hydrogen) atoms. The molecule has 0 spiro atoms. The molecule has 0 heterocycles. The molecular weight excluding hydrogens is 354 g/mol. The highest BCUT2D eigenvalue weighted by Crippen LogP contribution is 2.28. The number of nitrogens with one attached hydrogen (secondary N) is 1. The molecule has 0 aliphatic rings. The molecule has 0 aliphatic carbocycles. The van der Waals surface area contributed by atoms with Crippen LogP contribution >= 0.6 is 0 Å². The average molecular weight is 375 g/mol. The van der Waals surface area contributed by atoms with Crippen molar-refractivity contribution in [1.82, 2.24) is 0 Å². The lowest BCUT2D eigenvalue weighted by Crippen LogP contribution is -2.26. The van der Waals surface area contributed by atoms with Crippen LogP contribution in [0.25, 0.3) is 0 Å². The maximum atomic E-state index is 13.0. The number of benzene rings is 3. The second-order valence-electron chi connectivity index (χ2n) is 6.26. The van der Waals surface area contributed by atoms with Crippen LogP contribution in [0.5, 0.6) is 5.75 Å². The fourth-order valence-electron chi connectivity index (χ4n) is 2.77. The van der Waals surface area contributed by atoms with Gasteiger partial charge in [-0.1, -0.05) is 54.6 Å². The molecule has 5 nitrogen and oxygen atoms in total. The van der Waals surface area contributed by atoms with Crippen molar-refractivity contribution in [3.05, 3.63) is 95.6 Å². The van der Waals surface area contributed by atoms with E-state index >= 15 is 0 Å². The number of amides is 1. The SMILES string of the molecule is COc1ccc(C)cc1NC(=O)[C@H](OC(=O)c1ccccc1)c1ccccc1. The molecule has 0 unspecified atom stereocenters. The van der Waals surface area contributed by atoms with Crippen LogP contribution in [0.2, 0.25) is 0 Å². The lowest BCUT2D eigenvalue weighted by atomic mass is 10.1. The van der Waals surface area contributed by atoms with Crippen molar-refractivity contribution in [3.63, 3.8) is 0 Å². The Hall–Kier alpha value is -3.60.